The second kappa shape index (κ2) is 6.16. The predicted molar refractivity (Wildman–Crippen MR) is 81.1 cm³/mol. The molecule has 0 saturated heterocycles. The smallest absolute Gasteiger partial charge is 0.307 e. The van der Waals surface area contributed by atoms with E-state index < -0.39 is 11.9 Å². The second-order valence-corrected chi connectivity index (χ2v) is 5.70. The van der Waals surface area contributed by atoms with Crippen LogP contribution in [0.1, 0.15) is 18.9 Å². The average molecular weight is 290 g/mol. The second-order valence-electron chi connectivity index (χ2n) is 5.70. The van der Waals surface area contributed by atoms with Gasteiger partial charge in [-0.3, -0.25) is 9.59 Å². The number of carbonyl (C=O) groups is 2. The van der Waals surface area contributed by atoms with E-state index in [0.29, 0.717) is 19.5 Å². The maximum absolute atomic E-state index is 12.3. The molecule has 5 heteroatoms. The van der Waals surface area contributed by atoms with Crippen LogP contribution in [0.15, 0.2) is 24.3 Å². The molecule has 114 valence electrons. The highest BCUT2D eigenvalue weighted by molar-refractivity contribution is 5.89. The van der Waals surface area contributed by atoms with E-state index in [2.05, 4.69) is 0 Å². The van der Waals surface area contributed by atoms with Crippen molar-refractivity contribution in [3.8, 4) is 0 Å². The highest BCUT2D eigenvalue weighted by atomic mass is 16.4. The Labute approximate surface area is 125 Å². The van der Waals surface area contributed by atoms with E-state index in [9.17, 15) is 9.59 Å². The highest BCUT2D eigenvalue weighted by Gasteiger charge is 2.49. The number of hydrogen-bond donors (Lipinski definition) is 1. The van der Waals surface area contributed by atoms with Crippen LogP contribution in [0, 0.1) is 11.8 Å². The molecular weight excluding hydrogens is 268 g/mol. The molecule has 0 heterocycles. The lowest BCUT2D eigenvalue weighted by atomic mass is 10.1. The van der Waals surface area contributed by atoms with Gasteiger partial charge < -0.3 is 14.9 Å². The van der Waals surface area contributed by atoms with E-state index >= 15 is 0 Å². The summed E-state index contributed by atoms with van der Waals surface area (Å²) < 4.78 is 0. The first-order valence-electron chi connectivity index (χ1n) is 7.22. The molecule has 1 saturated carbocycles. The first kappa shape index (κ1) is 15.4. The minimum absolute atomic E-state index is 0.0402. The Kier molecular flexibility index (Phi) is 4.50. The van der Waals surface area contributed by atoms with Gasteiger partial charge in [0.15, 0.2) is 0 Å². The normalized spacial score (nSPS) is 20.0. The van der Waals surface area contributed by atoms with E-state index in [-0.39, 0.29) is 11.8 Å². The summed E-state index contributed by atoms with van der Waals surface area (Å²) in [4.78, 5) is 26.9. The molecule has 1 amide bonds. The summed E-state index contributed by atoms with van der Waals surface area (Å²) in [5.74, 6) is -1.72. The van der Waals surface area contributed by atoms with Crippen LogP contribution in [0.4, 0.5) is 5.69 Å². The number of benzene rings is 1. The number of amides is 1. The zero-order chi connectivity index (χ0) is 15.6. The molecule has 21 heavy (non-hydrogen) atoms. The minimum Gasteiger partial charge on any atom is -0.481 e. The molecule has 1 fully saturated rings. The Morgan fingerprint density at radius 3 is 2.24 bits per heavy atom. The average Bonchev–Trinajstić information content (AvgIpc) is 3.25. The Balaban J connectivity index is 1.99. The third kappa shape index (κ3) is 3.54. The molecule has 2 atom stereocenters. The predicted octanol–water partition coefficient (Wildman–Crippen LogP) is 1.82. The SMILES string of the molecule is CCN(Cc1ccc(N(C)C)cc1)C(=O)[C@@H]1C[C@@H]1C(=O)O. The first-order chi connectivity index (χ1) is 9.93. The lowest BCUT2D eigenvalue weighted by Gasteiger charge is -2.21. The monoisotopic (exact) mass is 290 g/mol. The van der Waals surface area contributed by atoms with Crippen LogP contribution >= 0.6 is 0 Å². The summed E-state index contributed by atoms with van der Waals surface area (Å²) in [6, 6.07) is 8.05. The minimum atomic E-state index is -0.861. The van der Waals surface area contributed by atoms with E-state index in [4.69, 9.17) is 5.11 Å². The number of carboxylic acid groups (broad SMARTS) is 1. The quantitative estimate of drug-likeness (QED) is 0.868. The van der Waals surface area contributed by atoms with E-state index in [1.165, 1.54) is 0 Å². The molecule has 0 bridgehead atoms. The number of carbonyl (C=O) groups excluding carboxylic acids is 1. The molecule has 1 N–H and O–H groups in total. The van der Waals surface area contributed by atoms with Crippen molar-refractivity contribution in [3.05, 3.63) is 29.8 Å². The number of aliphatic carboxylic acids is 1. The van der Waals surface area contributed by atoms with E-state index in [1.54, 1.807) is 4.90 Å². The van der Waals surface area contributed by atoms with Gasteiger partial charge in [-0.25, -0.2) is 0 Å². The van der Waals surface area contributed by atoms with Crippen molar-refractivity contribution >= 4 is 17.6 Å². The summed E-state index contributed by atoms with van der Waals surface area (Å²) >= 11 is 0. The van der Waals surface area contributed by atoms with Crippen LogP contribution in [-0.2, 0) is 16.1 Å². The van der Waals surface area contributed by atoms with Crippen LogP contribution in [0.5, 0.6) is 0 Å². The number of hydrogen-bond acceptors (Lipinski definition) is 3. The van der Waals surface area contributed by atoms with Gasteiger partial charge in [0.25, 0.3) is 0 Å². The first-order valence-corrected chi connectivity index (χ1v) is 7.22. The summed E-state index contributed by atoms with van der Waals surface area (Å²) in [7, 11) is 3.96. The van der Waals surface area contributed by atoms with Gasteiger partial charge in [-0.1, -0.05) is 12.1 Å². The number of carboxylic acids is 1. The number of rotatable bonds is 6. The zero-order valence-corrected chi connectivity index (χ0v) is 12.7. The molecule has 0 spiro atoms. The molecular formula is C16H22N2O3. The fourth-order valence-corrected chi connectivity index (χ4v) is 2.44. The van der Waals surface area contributed by atoms with Gasteiger partial charge in [0.1, 0.15) is 0 Å². The fraction of sp³-hybridized carbons (Fsp3) is 0.500. The van der Waals surface area contributed by atoms with Crippen LogP contribution in [0.2, 0.25) is 0 Å². The molecule has 2 rings (SSSR count). The third-order valence-corrected chi connectivity index (χ3v) is 3.94. The Bertz CT molecular complexity index is 525. The van der Waals surface area contributed by atoms with Crippen molar-refractivity contribution in [2.75, 3.05) is 25.5 Å². The summed E-state index contributed by atoms with van der Waals surface area (Å²) in [6.45, 7) is 3.05. The van der Waals surface area contributed by atoms with Gasteiger partial charge in [0.2, 0.25) is 5.91 Å². The molecule has 5 nitrogen and oxygen atoms in total. The maximum Gasteiger partial charge on any atom is 0.307 e. The summed E-state index contributed by atoms with van der Waals surface area (Å²) in [5.41, 5.74) is 2.17. The molecule has 1 aliphatic rings. The Morgan fingerprint density at radius 2 is 1.81 bits per heavy atom. The maximum atomic E-state index is 12.3. The van der Waals surface area contributed by atoms with Crippen LogP contribution in [0.25, 0.3) is 0 Å². The lowest BCUT2D eigenvalue weighted by Crippen LogP contribution is -2.32. The van der Waals surface area contributed by atoms with E-state index in [0.717, 1.165) is 11.3 Å². The molecule has 0 aliphatic heterocycles. The topological polar surface area (TPSA) is 60.9 Å². The lowest BCUT2D eigenvalue weighted by molar-refractivity contribution is -0.142. The van der Waals surface area contributed by atoms with E-state index in [1.807, 2.05) is 50.2 Å². The van der Waals surface area contributed by atoms with Gasteiger partial charge in [-0.15, -0.1) is 0 Å². The molecule has 1 aliphatic carbocycles. The van der Waals surface area contributed by atoms with Gasteiger partial charge in [-0.05, 0) is 31.0 Å². The Hall–Kier alpha value is -2.04. The van der Waals surface area contributed by atoms with Crippen LogP contribution < -0.4 is 4.90 Å². The van der Waals surface area contributed by atoms with Crippen LogP contribution in [-0.4, -0.2) is 42.5 Å². The van der Waals surface area contributed by atoms with Gasteiger partial charge >= 0.3 is 5.97 Å². The number of anilines is 1. The highest BCUT2D eigenvalue weighted by Crippen LogP contribution is 2.40. The molecule has 1 aromatic rings. The van der Waals surface area contributed by atoms with Gasteiger partial charge in [0, 0.05) is 32.9 Å². The third-order valence-electron chi connectivity index (χ3n) is 3.94. The summed E-state index contributed by atoms with van der Waals surface area (Å²) in [5, 5.41) is 8.92. The molecule has 0 radical (unpaired) electrons. The van der Waals surface area contributed by atoms with Crippen molar-refractivity contribution in [2.45, 2.75) is 19.9 Å². The van der Waals surface area contributed by atoms with Crippen LogP contribution in [0.3, 0.4) is 0 Å². The molecule has 0 aromatic heterocycles. The van der Waals surface area contributed by atoms with Crippen molar-refractivity contribution in [1.29, 1.82) is 0 Å². The van der Waals surface area contributed by atoms with Crippen molar-refractivity contribution in [3.63, 3.8) is 0 Å². The standard InChI is InChI=1S/C16H22N2O3/c1-4-18(15(19)13-9-14(13)16(20)21)10-11-5-7-12(8-6-11)17(2)3/h5-8,13-14H,4,9-10H2,1-3H3,(H,20,21)/t13-,14+/m1/s1. The zero-order valence-electron chi connectivity index (χ0n) is 12.7. The fourth-order valence-electron chi connectivity index (χ4n) is 2.44. The van der Waals surface area contributed by atoms with Crippen molar-refractivity contribution in [2.24, 2.45) is 11.8 Å². The largest absolute Gasteiger partial charge is 0.481 e. The van der Waals surface area contributed by atoms with Crippen molar-refractivity contribution in [1.82, 2.24) is 4.90 Å². The van der Waals surface area contributed by atoms with Gasteiger partial charge in [-0.2, -0.15) is 0 Å². The van der Waals surface area contributed by atoms with Gasteiger partial charge in [0.05, 0.1) is 11.8 Å². The molecule has 0 unspecified atom stereocenters. The number of nitrogens with zero attached hydrogens (tertiary/aromatic N) is 2. The van der Waals surface area contributed by atoms with Crippen molar-refractivity contribution < 1.29 is 14.7 Å². The Morgan fingerprint density at radius 1 is 1.19 bits per heavy atom. The molecule has 1 aromatic carbocycles. The summed E-state index contributed by atoms with van der Waals surface area (Å²) in [6.07, 6.45) is 0.476.